The first-order valence-corrected chi connectivity index (χ1v) is 8.93. The van der Waals surface area contributed by atoms with Gasteiger partial charge in [0.1, 0.15) is 0 Å². The summed E-state index contributed by atoms with van der Waals surface area (Å²) in [5.41, 5.74) is 0.0659. The van der Waals surface area contributed by atoms with E-state index >= 15 is 0 Å². The first-order chi connectivity index (χ1) is 10.2. The highest BCUT2D eigenvalue weighted by molar-refractivity contribution is 5.77. The Morgan fingerprint density at radius 3 is 2.71 bits per heavy atom. The van der Waals surface area contributed by atoms with Crippen molar-refractivity contribution in [3.8, 4) is 0 Å². The van der Waals surface area contributed by atoms with Crippen LogP contribution in [0.15, 0.2) is 0 Å². The molecule has 2 unspecified atom stereocenters. The van der Waals surface area contributed by atoms with Crippen molar-refractivity contribution in [3.05, 3.63) is 0 Å². The predicted octanol–water partition coefficient (Wildman–Crippen LogP) is 2.04. The molecule has 3 rings (SSSR count). The molecule has 0 aromatic rings. The molecule has 2 heterocycles. The Balaban J connectivity index is 1.49. The fraction of sp³-hybridized carbons (Fsp3) is 0.941. The first-order valence-electron chi connectivity index (χ1n) is 8.93. The molecule has 4 nitrogen and oxygen atoms in total. The van der Waals surface area contributed by atoms with Crippen LogP contribution in [-0.4, -0.2) is 48.6 Å². The van der Waals surface area contributed by atoms with Gasteiger partial charge in [0.25, 0.3) is 0 Å². The minimum absolute atomic E-state index is 0.0659. The van der Waals surface area contributed by atoms with Crippen LogP contribution in [0.3, 0.4) is 0 Å². The van der Waals surface area contributed by atoms with Gasteiger partial charge in [0.15, 0.2) is 0 Å². The molecule has 4 heteroatoms. The van der Waals surface area contributed by atoms with Gasteiger partial charge in [-0.25, -0.2) is 0 Å². The third-order valence-electron chi connectivity index (χ3n) is 6.03. The number of piperidine rings is 1. The molecule has 0 aromatic heterocycles. The Morgan fingerprint density at radius 2 is 1.95 bits per heavy atom. The molecule has 120 valence electrons. The maximum absolute atomic E-state index is 12.5. The van der Waals surface area contributed by atoms with E-state index in [-0.39, 0.29) is 11.4 Å². The van der Waals surface area contributed by atoms with Gasteiger partial charge < -0.3 is 15.5 Å². The molecule has 1 aliphatic carbocycles. The summed E-state index contributed by atoms with van der Waals surface area (Å²) in [6.45, 7) is 2.45. The third kappa shape index (κ3) is 3.59. The standard InChI is InChI=1S/C17H31N3O/c1-18-17(8-3-2-4-9-17)13-16(21)19-14-7-11-20-10-5-6-15(20)12-14/h14-15,18H,2-13H2,1H3,(H,19,21). The molecule has 3 aliphatic rings. The molecular formula is C17H31N3O. The molecule has 2 aliphatic heterocycles. The van der Waals surface area contributed by atoms with Crippen molar-refractivity contribution in [2.75, 3.05) is 20.1 Å². The van der Waals surface area contributed by atoms with Crippen LogP contribution < -0.4 is 10.6 Å². The van der Waals surface area contributed by atoms with Crippen LogP contribution in [0.25, 0.3) is 0 Å². The molecule has 0 spiro atoms. The van der Waals surface area contributed by atoms with Gasteiger partial charge in [0, 0.05) is 30.6 Å². The van der Waals surface area contributed by atoms with E-state index < -0.39 is 0 Å². The van der Waals surface area contributed by atoms with Crippen molar-refractivity contribution in [2.45, 2.75) is 81.8 Å². The van der Waals surface area contributed by atoms with Crippen LogP contribution in [0, 0.1) is 0 Å². The summed E-state index contributed by atoms with van der Waals surface area (Å²) in [6, 6.07) is 1.14. The van der Waals surface area contributed by atoms with Crippen LogP contribution in [0.2, 0.25) is 0 Å². The maximum Gasteiger partial charge on any atom is 0.222 e. The van der Waals surface area contributed by atoms with E-state index in [1.807, 2.05) is 7.05 Å². The van der Waals surface area contributed by atoms with E-state index in [0.717, 1.165) is 31.7 Å². The van der Waals surface area contributed by atoms with Gasteiger partial charge >= 0.3 is 0 Å². The van der Waals surface area contributed by atoms with Crippen LogP contribution in [-0.2, 0) is 4.79 Å². The predicted molar refractivity (Wildman–Crippen MR) is 85.3 cm³/mol. The van der Waals surface area contributed by atoms with E-state index in [1.54, 1.807) is 0 Å². The number of nitrogens with one attached hydrogen (secondary N) is 2. The summed E-state index contributed by atoms with van der Waals surface area (Å²) >= 11 is 0. The number of hydrogen-bond donors (Lipinski definition) is 2. The minimum atomic E-state index is 0.0659. The van der Waals surface area contributed by atoms with Crippen LogP contribution >= 0.6 is 0 Å². The van der Waals surface area contributed by atoms with Crippen molar-refractivity contribution in [3.63, 3.8) is 0 Å². The van der Waals surface area contributed by atoms with Crippen LogP contribution in [0.5, 0.6) is 0 Å². The second-order valence-corrected chi connectivity index (χ2v) is 7.39. The molecule has 0 aromatic carbocycles. The third-order valence-corrected chi connectivity index (χ3v) is 6.03. The van der Waals surface area contributed by atoms with Gasteiger partial charge in [0.05, 0.1) is 0 Å². The summed E-state index contributed by atoms with van der Waals surface area (Å²) in [5.74, 6) is 0.266. The van der Waals surface area contributed by atoms with Gasteiger partial charge in [-0.1, -0.05) is 19.3 Å². The van der Waals surface area contributed by atoms with E-state index in [9.17, 15) is 4.79 Å². The maximum atomic E-state index is 12.5. The molecular weight excluding hydrogens is 262 g/mol. The smallest absolute Gasteiger partial charge is 0.222 e. The van der Waals surface area contributed by atoms with E-state index in [1.165, 1.54) is 45.2 Å². The molecule has 21 heavy (non-hydrogen) atoms. The Hall–Kier alpha value is -0.610. The highest BCUT2D eigenvalue weighted by Crippen LogP contribution is 2.31. The number of rotatable bonds is 4. The summed E-state index contributed by atoms with van der Waals surface area (Å²) in [5, 5.41) is 6.79. The van der Waals surface area contributed by atoms with E-state index in [2.05, 4.69) is 15.5 Å². The number of amides is 1. The highest BCUT2D eigenvalue weighted by atomic mass is 16.1. The van der Waals surface area contributed by atoms with Crippen LogP contribution in [0.4, 0.5) is 0 Å². The Bertz CT molecular complexity index is 365. The molecule has 0 bridgehead atoms. The van der Waals surface area contributed by atoms with Gasteiger partial charge in [-0.2, -0.15) is 0 Å². The van der Waals surface area contributed by atoms with Crippen molar-refractivity contribution in [1.82, 2.24) is 15.5 Å². The first kappa shape index (κ1) is 15.3. The minimum Gasteiger partial charge on any atom is -0.353 e. The SMILES string of the molecule is CNC1(CC(=O)NC2CCN3CCCC3C2)CCCCC1. The van der Waals surface area contributed by atoms with E-state index in [0.29, 0.717) is 12.5 Å². The lowest BCUT2D eigenvalue weighted by atomic mass is 9.79. The Morgan fingerprint density at radius 1 is 1.14 bits per heavy atom. The summed E-state index contributed by atoms with van der Waals surface area (Å²) in [4.78, 5) is 15.1. The molecule has 3 fully saturated rings. The van der Waals surface area contributed by atoms with Crippen molar-refractivity contribution in [2.24, 2.45) is 0 Å². The highest BCUT2D eigenvalue weighted by Gasteiger charge is 2.35. The van der Waals surface area contributed by atoms with E-state index in [4.69, 9.17) is 0 Å². The van der Waals surface area contributed by atoms with Gasteiger partial charge in [-0.15, -0.1) is 0 Å². The lowest BCUT2D eigenvalue weighted by Gasteiger charge is -2.38. The van der Waals surface area contributed by atoms with Gasteiger partial charge in [0.2, 0.25) is 5.91 Å². The zero-order valence-corrected chi connectivity index (χ0v) is 13.5. The fourth-order valence-electron chi connectivity index (χ4n) is 4.69. The Kier molecular flexibility index (Phi) is 4.85. The largest absolute Gasteiger partial charge is 0.353 e. The second-order valence-electron chi connectivity index (χ2n) is 7.39. The van der Waals surface area contributed by atoms with Gasteiger partial charge in [-0.05, 0) is 52.1 Å². The molecule has 2 N–H and O–H groups in total. The Labute approximate surface area is 129 Å². The fourth-order valence-corrected chi connectivity index (χ4v) is 4.69. The number of fused-ring (bicyclic) bond motifs is 1. The summed E-state index contributed by atoms with van der Waals surface area (Å²) < 4.78 is 0. The average molecular weight is 293 g/mol. The monoisotopic (exact) mass is 293 g/mol. The number of nitrogens with zero attached hydrogens (tertiary/aromatic N) is 1. The van der Waals surface area contributed by atoms with Crippen molar-refractivity contribution >= 4 is 5.91 Å². The number of carbonyl (C=O) groups is 1. The zero-order chi connectivity index (χ0) is 14.7. The quantitative estimate of drug-likeness (QED) is 0.834. The molecule has 1 amide bonds. The summed E-state index contributed by atoms with van der Waals surface area (Å²) in [7, 11) is 2.02. The normalized spacial score (nSPS) is 32.6. The topological polar surface area (TPSA) is 44.4 Å². The second kappa shape index (κ2) is 6.66. The molecule has 0 radical (unpaired) electrons. The average Bonchev–Trinajstić information content (AvgIpc) is 2.95. The molecule has 2 atom stereocenters. The lowest BCUT2D eigenvalue weighted by Crippen LogP contribution is -2.52. The van der Waals surface area contributed by atoms with Crippen molar-refractivity contribution in [1.29, 1.82) is 0 Å². The zero-order valence-electron chi connectivity index (χ0n) is 13.5. The lowest BCUT2D eigenvalue weighted by molar-refractivity contribution is -0.124. The number of hydrogen-bond acceptors (Lipinski definition) is 3. The van der Waals surface area contributed by atoms with Gasteiger partial charge in [-0.3, -0.25) is 4.79 Å². The molecule has 1 saturated carbocycles. The van der Waals surface area contributed by atoms with Crippen molar-refractivity contribution < 1.29 is 4.79 Å². The van der Waals surface area contributed by atoms with Crippen LogP contribution in [0.1, 0.15) is 64.2 Å². The summed E-state index contributed by atoms with van der Waals surface area (Å²) in [6.07, 6.45) is 11.8. The molecule has 2 saturated heterocycles. The number of carbonyl (C=O) groups excluding carboxylic acids is 1.